The molecule has 0 aromatic heterocycles. The van der Waals surface area contributed by atoms with Gasteiger partial charge in [-0.25, -0.2) is 0 Å². The largest absolute Gasteiger partial charge is 0.341 e. The lowest BCUT2D eigenvalue weighted by Gasteiger charge is -2.34. The number of piperidine rings is 1. The third-order valence-electron chi connectivity index (χ3n) is 4.90. The van der Waals surface area contributed by atoms with E-state index in [-0.39, 0.29) is 5.92 Å². The van der Waals surface area contributed by atoms with Gasteiger partial charge in [-0.2, -0.15) is 0 Å². The highest BCUT2D eigenvalue weighted by molar-refractivity contribution is 5.79. The summed E-state index contributed by atoms with van der Waals surface area (Å²) in [6.45, 7) is 8.34. The third kappa shape index (κ3) is 3.48. The fourth-order valence-electron chi connectivity index (χ4n) is 3.42. The van der Waals surface area contributed by atoms with Gasteiger partial charge < -0.3 is 10.6 Å². The second kappa shape index (κ2) is 6.71. The summed E-state index contributed by atoms with van der Waals surface area (Å²) in [4.78, 5) is 17.0. The van der Waals surface area contributed by atoms with Crippen LogP contribution in [-0.4, -0.2) is 54.0 Å². The zero-order valence-corrected chi connectivity index (χ0v) is 12.5. The molecule has 0 radical (unpaired) electrons. The molecule has 0 saturated carbocycles. The molecule has 19 heavy (non-hydrogen) atoms. The van der Waals surface area contributed by atoms with Gasteiger partial charge in [-0.3, -0.25) is 9.69 Å². The Morgan fingerprint density at radius 1 is 1.16 bits per heavy atom. The maximum Gasteiger partial charge on any atom is 0.225 e. The van der Waals surface area contributed by atoms with Crippen molar-refractivity contribution in [1.29, 1.82) is 0 Å². The van der Waals surface area contributed by atoms with E-state index in [1.54, 1.807) is 0 Å². The lowest BCUT2D eigenvalue weighted by molar-refractivity contribution is -0.134. The lowest BCUT2D eigenvalue weighted by Crippen LogP contribution is -2.46. The van der Waals surface area contributed by atoms with Gasteiger partial charge in [0.25, 0.3) is 0 Å². The molecule has 2 heterocycles. The van der Waals surface area contributed by atoms with Crippen molar-refractivity contribution in [2.45, 2.75) is 58.0 Å². The van der Waals surface area contributed by atoms with Crippen LogP contribution in [0, 0.1) is 5.92 Å². The molecule has 0 aliphatic carbocycles. The normalized spacial score (nSPS) is 26.3. The minimum Gasteiger partial charge on any atom is -0.341 e. The fourth-order valence-corrected chi connectivity index (χ4v) is 3.42. The number of nitrogens with zero attached hydrogens (tertiary/aromatic N) is 2. The molecule has 0 aromatic carbocycles. The minimum atomic E-state index is 0.230. The minimum absolute atomic E-state index is 0.230. The number of carbonyl (C=O) groups excluding carboxylic acids is 1. The number of carbonyl (C=O) groups is 1. The Labute approximate surface area is 117 Å². The molecule has 0 bridgehead atoms. The molecule has 1 amide bonds. The predicted octanol–water partition coefficient (Wildman–Crippen LogP) is 1.45. The van der Waals surface area contributed by atoms with Crippen molar-refractivity contribution < 1.29 is 4.79 Å². The summed E-state index contributed by atoms with van der Waals surface area (Å²) < 4.78 is 0. The quantitative estimate of drug-likeness (QED) is 0.838. The number of hydrogen-bond donors (Lipinski definition) is 1. The van der Waals surface area contributed by atoms with Crippen LogP contribution in [-0.2, 0) is 4.79 Å². The molecule has 2 fully saturated rings. The first-order valence-corrected chi connectivity index (χ1v) is 7.94. The zero-order valence-electron chi connectivity index (χ0n) is 12.5. The molecular formula is C15H29N3O. The van der Waals surface area contributed by atoms with E-state index in [2.05, 4.69) is 23.6 Å². The van der Waals surface area contributed by atoms with E-state index < -0.39 is 0 Å². The molecule has 4 nitrogen and oxygen atoms in total. The van der Waals surface area contributed by atoms with Crippen molar-refractivity contribution >= 4 is 5.91 Å². The summed E-state index contributed by atoms with van der Waals surface area (Å²) in [6, 6.07) is 0.964. The van der Waals surface area contributed by atoms with Crippen LogP contribution in [0.4, 0.5) is 0 Å². The van der Waals surface area contributed by atoms with Crippen molar-refractivity contribution in [3.8, 4) is 0 Å². The van der Waals surface area contributed by atoms with Gasteiger partial charge in [0.15, 0.2) is 0 Å². The summed E-state index contributed by atoms with van der Waals surface area (Å²) in [5, 5.41) is 0. The van der Waals surface area contributed by atoms with Crippen LogP contribution in [0.3, 0.4) is 0 Å². The van der Waals surface area contributed by atoms with Gasteiger partial charge in [-0.15, -0.1) is 0 Å². The maximum atomic E-state index is 12.4. The van der Waals surface area contributed by atoms with E-state index in [9.17, 15) is 4.79 Å². The van der Waals surface area contributed by atoms with Crippen LogP contribution < -0.4 is 5.73 Å². The second-order valence-electron chi connectivity index (χ2n) is 6.11. The number of nitrogens with two attached hydrogens (primary N) is 1. The summed E-state index contributed by atoms with van der Waals surface area (Å²) in [5.74, 6) is 0.606. The number of amides is 1. The number of likely N-dealkylation sites (tertiary alicyclic amines) is 2. The summed E-state index contributed by atoms with van der Waals surface area (Å²) >= 11 is 0. The van der Waals surface area contributed by atoms with Crippen molar-refractivity contribution in [2.24, 2.45) is 11.7 Å². The third-order valence-corrected chi connectivity index (χ3v) is 4.90. The summed E-state index contributed by atoms with van der Waals surface area (Å²) in [7, 11) is 0. The summed E-state index contributed by atoms with van der Waals surface area (Å²) in [6.07, 6.45) is 5.29. The van der Waals surface area contributed by atoms with Crippen molar-refractivity contribution in [3.63, 3.8) is 0 Å². The van der Waals surface area contributed by atoms with Crippen molar-refractivity contribution in [2.75, 3.05) is 26.2 Å². The first-order valence-electron chi connectivity index (χ1n) is 7.94. The lowest BCUT2D eigenvalue weighted by atomic mass is 10.0. The molecule has 0 spiro atoms. The molecule has 1 atom stereocenters. The highest BCUT2D eigenvalue weighted by Gasteiger charge is 2.33. The van der Waals surface area contributed by atoms with E-state index in [1.807, 2.05) is 0 Å². The van der Waals surface area contributed by atoms with Gasteiger partial charge in [0.05, 0.1) is 0 Å². The molecule has 0 aromatic rings. The van der Waals surface area contributed by atoms with Crippen LogP contribution in [0.5, 0.6) is 0 Å². The Kier molecular flexibility index (Phi) is 5.22. The molecular weight excluding hydrogens is 238 g/mol. The van der Waals surface area contributed by atoms with E-state index in [0.717, 1.165) is 58.3 Å². The van der Waals surface area contributed by atoms with Crippen molar-refractivity contribution in [3.05, 3.63) is 0 Å². The van der Waals surface area contributed by atoms with Gasteiger partial charge >= 0.3 is 0 Å². The molecule has 2 saturated heterocycles. The molecule has 110 valence electrons. The Morgan fingerprint density at radius 2 is 1.79 bits per heavy atom. The molecule has 2 aliphatic rings. The first kappa shape index (κ1) is 14.8. The highest BCUT2D eigenvalue weighted by Crippen LogP contribution is 2.22. The molecule has 2 N–H and O–H groups in total. The number of rotatable bonds is 4. The summed E-state index contributed by atoms with van der Waals surface area (Å²) in [5.41, 5.74) is 5.96. The monoisotopic (exact) mass is 267 g/mol. The van der Waals surface area contributed by atoms with E-state index in [0.29, 0.717) is 18.0 Å². The van der Waals surface area contributed by atoms with Crippen molar-refractivity contribution in [1.82, 2.24) is 9.80 Å². The molecule has 4 heteroatoms. The average Bonchev–Trinajstić information content (AvgIpc) is 2.90. The average molecular weight is 267 g/mol. The SMILES string of the molecule is CCC(CC)C(=O)N1CCC(N2CCC(N)CC2)C1. The van der Waals surface area contributed by atoms with Crippen LogP contribution in [0.15, 0.2) is 0 Å². The van der Waals surface area contributed by atoms with E-state index in [4.69, 9.17) is 5.73 Å². The topological polar surface area (TPSA) is 49.6 Å². The molecule has 1 unspecified atom stereocenters. The maximum absolute atomic E-state index is 12.4. The zero-order chi connectivity index (χ0) is 13.8. The van der Waals surface area contributed by atoms with Crippen LogP contribution >= 0.6 is 0 Å². The van der Waals surface area contributed by atoms with Crippen LogP contribution in [0.2, 0.25) is 0 Å². The van der Waals surface area contributed by atoms with Gasteiger partial charge in [-0.1, -0.05) is 13.8 Å². The van der Waals surface area contributed by atoms with Gasteiger partial charge in [0, 0.05) is 31.1 Å². The molecule has 2 aliphatic heterocycles. The smallest absolute Gasteiger partial charge is 0.225 e. The Hall–Kier alpha value is -0.610. The fraction of sp³-hybridized carbons (Fsp3) is 0.933. The van der Waals surface area contributed by atoms with E-state index in [1.165, 1.54) is 0 Å². The number of hydrogen-bond acceptors (Lipinski definition) is 3. The van der Waals surface area contributed by atoms with Gasteiger partial charge in [-0.05, 0) is 45.2 Å². The Bertz CT molecular complexity index is 296. The van der Waals surface area contributed by atoms with Gasteiger partial charge in [0.2, 0.25) is 5.91 Å². The predicted molar refractivity (Wildman–Crippen MR) is 77.8 cm³/mol. The van der Waals surface area contributed by atoms with Gasteiger partial charge in [0.1, 0.15) is 0 Å². The first-order chi connectivity index (χ1) is 9.15. The standard InChI is InChI=1S/C15H29N3O/c1-3-12(4-2)15(19)18-10-7-14(11-18)17-8-5-13(16)6-9-17/h12-14H,3-11,16H2,1-2H3. The van der Waals surface area contributed by atoms with E-state index >= 15 is 0 Å². The Balaban J connectivity index is 1.84. The second-order valence-corrected chi connectivity index (χ2v) is 6.11. The van der Waals surface area contributed by atoms with Crippen LogP contribution in [0.1, 0.15) is 46.0 Å². The molecule has 2 rings (SSSR count). The Morgan fingerprint density at radius 3 is 2.37 bits per heavy atom. The highest BCUT2D eigenvalue weighted by atomic mass is 16.2. The van der Waals surface area contributed by atoms with Crippen LogP contribution in [0.25, 0.3) is 0 Å².